The highest BCUT2D eigenvalue weighted by molar-refractivity contribution is 9.11. The number of ether oxygens (including phenoxy) is 1. The number of rotatable bonds is 1. The SMILES string of the molecule is FC(F)(F)c1ccc2c(c1)NCC(c1ccc(Br)s1)O2. The Balaban J connectivity index is 1.86. The van der Waals surface area contributed by atoms with Gasteiger partial charge in [0.05, 0.1) is 21.6 Å². The maximum Gasteiger partial charge on any atom is 0.416 e. The summed E-state index contributed by atoms with van der Waals surface area (Å²) >= 11 is 4.93. The van der Waals surface area contributed by atoms with Crippen LogP contribution in [0.15, 0.2) is 34.1 Å². The van der Waals surface area contributed by atoms with Crippen LogP contribution in [0.3, 0.4) is 0 Å². The summed E-state index contributed by atoms with van der Waals surface area (Å²) in [4.78, 5) is 1.02. The van der Waals surface area contributed by atoms with Gasteiger partial charge >= 0.3 is 6.18 Å². The number of nitrogens with one attached hydrogen (secondary N) is 1. The molecule has 2 nitrogen and oxygen atoms in total. The van der Waals surface area contributed by atoms with Crippen LogP contribution >= 0.6 is 27.3 Å². The minimum absolute atomic E-state index is 0.185. The van der Waals surface area contributed by atoms with Crippen molar-refractivity contribution >= 4 is 33.0 Å². The van der Waals surface area contributed by atoms with E-state index >= 15 is 0 Å². The zero-order valence-electron chi connectivity index (χ0n) is 10.00. The Labute approximate surface area is 125 Å². The topological polar surface area (TPSA) is 21.3 Å². The van der Waals surface area contributed by atoms with Gasteiger partial charge in [0.25, 0.3) is 0 Å². The zero-order valence-corrected chi connectivity index (χ0v) is 12.4. The summed E-state index contributed by atoms with van der Waals surface area (Å²) in [5.41, 5.74) is -0.295. The number of anilines is 1. The normalized spacial score (nSPS) is 18.1. The Kier molecular flexibility index (Phi) is 3.41. The molecule has 20 heavy (non-hydrogen) atoms. The van der Waals surface area contributed by atoms with Crippen molar-refractivity contribution in [2.45, 2.75) is 12.3 Å². The summed E-state index contributed by atoms with van der Waals surface area (Å²) in [5.74, 6) is 0.443. The molecule has 1 aromatic heterocycles. The Morgan fingerprint density at radius 2 is 2.05 bits per heavy atom. The van der Waals surface area contributed by atoms with Crippen molar-refractivity contribution in [3.05, 3.63) is 44.6 Å². The fourth-order valence-corrected chi connectivity index (χ4v) is 3.46. The maximum absolute atomic E-state index is 12.6. The lowest BCUT2D eigenvalue weighted by molar-refractivity contribution is -0.137. The molecule has 2 aromatic rings. The predicted molar refractivity (Wildman–Crippen MR) is 75.3 cm³/mol. The van der Waals surface area contributed by atoms with Gasteiger partial charge in [0.1, 0.15) is 5.75 Å². The van der Waals surface area contributed by atoms with Crippen LogP contribution in [-0.2, 0) is 6.18 Å². The zero-order chi connectivity index (χ0) is 14.3. The monoisotopic (exact) mass is 363 g/mol. The fourth-order valence-electron chi connectivity index (χ4n) is 2.00. The van der Waals surface area contributed by atoms with Crippen LogP contribution in [0, 0.1) is 0 Å². The van der Waals surface area contributed by atoms with Crippen molar-refractivity contribution in [1.82, 2.24) is 0 Å². The average molecular weight is 364 g/mol. The number of halogens is 4. The Bertz CT molecular complexity index is 641. The molecule has 0 saturated carbocycles. The Hall–Kier alpha value is -1.21. The van der Waals surface area contributed by atoms with Gasteiger partial charge in [-0.15, -0.1) is 11.3 Å². The quantitative estimate of drug-likeness (QED) is 0.763. The molecular weight excluding hydrogens is 355 g/mol. The first kappa shape index (κ1) is 13.8. The maximum atomic E-state index is 12.6. The van der Waals surface area contributed by atoms with Crippen molar-refractivity contribution < 1.29 is 17.9 Å². The first-order valence-electron chi connectivity index (χ1n) is 5.80. The first-order valence-corrected chi connectivity index (χ1v) is 7.41. The number of alkyl halides is 3. The number of thiophene rings is 1. The Morgan fingerprint density at radius 3 is 2.70 bits per heavy atom. The lowest BCUT2D eigenvalue weighted by Gasteiger charge is -2.27. The van der Waals surface area contributed by atoms with Crippen LogP contribution in [-0.4, -0.2) is 6.54 Å². The molecule has 0 saturated heterocycles. The van der Waals surface area contributed by atoms with Gasteiger partial charge in [-0.25, -0.2) is 0 Å². The standard InChI is InChI=1S/C13H9BrF3NOS/c14-12-4-3-11(20-12)10-6-18-8-5-7(13(15,16)17)1-2-9(8)19-10/h1-5,10,18H,6H2. The summed E-state index contributed by atoms with van der Waals surface area (Å²) in [6.07, 6.45) is -4.53. The molecule has 0 radical (unpaired) electrons. The first-order chi connectivity index (χ1) is 9.43. The van der Waals surface area contributed by atoms with Crippen molar-refractivity contribution in [2.24, 2.45) is 0 Å². The van der Waals surface area contributed by atoms with E-state index in [2.05, 4.69) is 21.2 Å². The highest BCUT2D eigenvalue weighted by atomic mass is 79.9. The van der Waals surface area contributed by atoms with Crippen LogP contribution < -0.4 is 10.1 Å². The fraction of sp³-hybridized carbons (Fsp3) is 0.231. The highest BCUT2D eigenvalue weighted by Gasteiger charge is 2.32. The number of fused-ring (bicyclic) bond motifs is 1. The molecule has 1 N–H and O–H groups in total. The largest absolute Gasteiger partial charge is 0.481 e. The number of hydrogen-bond acceptors (Lipinski definition) is 3. The summed E-state index contributed by atoms with van der Waals surface area (Å²) in [7, 11) is 0. The van der Waals surface area contributed by atoms with Crippen molar-refractivity contribution in [1.29, 1.82) is 0 Å². The van der Waals surface area contributed by atoms with E-state index in [1.807, 2.05) is 12.1 Å². The van der Waals surface area contributed by atoms with Gasteiger partial charge in [0.2, 0.25) is 0 Å². The van der Waals surface area contributed by atoms with Gasteiger partial charge in [-0.3, -0.25) is 0 Å². The van der Waals surface area contributed by atoms with Gasteiger partial charge in [-0.05, 0) is 46.3 Å². The number of benzene rings is 1. The molecule has 7 heteroatoms. The van der Waals surface area contributed by atoms with E-state index in [0.29, 0.717) is 18.0 Å². The third-order valence-electron chi connectivity index (χ3n) is 2.97. The average Bonchev–Trinajstić information content (AvgIpc) is 2.83. The van der Waals surface area contributed by atoms with Crippen LogP contribution in [0.25, 0.3) is 0 Å². The van der Waals surface area contributed by atoms with Gasteiger partial charge in [-0.2, -0.15) is 13.2 Å². The van der Waals surface area contributed by atoms with Gasteiger partial charge in [0.15, 0.2) is 6.10 Å². The summed E-state index contributed by atoms with van der Waals surface area (Å²) in [6.45, 7) is 0.446. The van der Waals surface area contributed by atoms with Gasteiger partial charge in [0, 0.05) is 4.88 Å². The second-order valence-corrected chi connectivity index (χ2v) is 6.83. The summed E-state index contributed by atoms with van der Waals surface area (Å²) < 4.78 is 44.6. The molecule has 1 unspecified atom stereocenters. The molecule has 1 aliphatic heterocycles. The summed E-state index contributed by atoms with van der Waals surface area (Å²) in [5, 5.41) is 3.00. The van der Waals surface area contributed by atoms with E-state index in [1.54, 1.807) is 11.3 Å². The van der Waals surface area contributed by atoms with Crippen LogP contribution in [0.5, 0.6) is 5.75 Å². The van der Waals surface area contributed by atoms with E-state index in [0.717, 1.165) is 20.8 Å². The van der Waals surface area contributed by atoms with E-state index in [-0.39, 0.29) is 6.10 Å². The molecule has 106 valence electrons. The minimum atomic E-state index is -4.34. The van der Waals surface area contributed by atoms with Gasteiger partial charge in [-0.1, -0.05) is 0 Å². The molecule has 0 amide bonds. The van der Waals surface area contributed by atoms with Crippen molar-refractivity contribution in [3.63, 3.8) is 0 Å². The third kappa shape index (κ3) is 2.64. The third-order valence-corrected chi connectivity index (χ3v) is 4.68. The van der Waals surface area contributed by atoms with E-state index in [4.69, 9.17) is 4.74 Å². The van der Waals surface area contributed by atoms with Crippen LogP contribution in [0.2, 0.25) is 0 Å². The second kappa shape index (κ2) is 4.96. The summed E-state index contributed by atoms with van der Waals surface area (Å²) in [6, 6.07) is 7.34. The lowest BCUT2D eigenvalue weighted by atomic mass is 10.1. The van der Waals surface area contributed by atoms with Crippen molar-refractivity contribution in [3.8, 4) is 5.75 Å². The molecule has 3 rings (SSSR count). The smallest absolute Gasteiger partial charge is 0.416 e. The molecule has 0 spiro atoms. The second-order valence-electron chi connectivity index (χ2n) is 4.34. The molecule has 1 aromatic carbocycles. The lowest BCUT2D eigenvalue weighted by Crippen LogP contribution is -2.23. The van der Waals surface area contributed by atoms with E-state index < -0.39 is 11.7 Å². The van der Waals surface area contributed by atoms with Crippen LogP contribution in [0.4, 0.5) is 18.9 Å². The molecular formula is C13H9BrF3NOS. The van der Waals surface area contributed by atoms with Crippen LogP contribution in [0.1, 0.15) is 16.5 Å². The highest BCUT2D eigenvalue weighted by Crippen LogP contribution is 2.40. The number of hydrogen-bond donors (Lipinski definition) is 1. The minimum Gasteiger partial charge on any atom is -0.481 e. The molecule has 1 atom stereocenters. The van der Waals surface area contributed by atoms with E-state index in [9.17, 15) is 13.2 Å². The predicted octanol–water partition coefficient (Wildman–Crippen LogP) is 5.08. The molecule has 1 aliphatic rings. The van der Waals surface area contributed by atoms with Crippen molar-refractivity contribution in [2.75, 3.05) is 11.9 Å². The van der Waals surface area contributed by atoms with E-state index in [1.165, 1.54) is 6.07 Å². The molecule has 0 aliphatic carbocycles. The molecule has 0 bridgehead atoms. The van der Waals surface area contributed by atoms with Gasteiger partial charge < -0.3 is 10.1 Å². The molecule has 2 heterocycles. The molecule has 0 fully saturated rings. The Morgan fingerprint density at radius 1 is 1.25 bits per heavy atom.